The summed E-state index contributed by atoms with van der Waals surface area (Å²) in [5.74, 6) is -0.157. The van der Waals surface area contributed by atoms with Crippen molar-refractivity contribution in [2.75, 3.05) is 11.9 Å². The first kappa shape index (κ1) is 27.2. The Balaban J connectivity index is 1.61. The van der Waals surface area contributed by atoms with Crippen LogP contribution in [0.25, 0.3) is 0 Å². The molecule has 0 spiro atoms. The number of aromatic nitrogens is 2. The lowest BCUT2D eigenvalue weighted by atomic mass is 10.2. The lowest BCUT2D eigenvalue weighted by Gasteiger charge is -2.12. The molecule has 3 amide bonds. The second-order valence-corrected chi connectivity index (χ2v) is 11.0. The van der Waals surface area contributed by atoms with Crippen LogP contribution in [-0.2, 0) is 31.3 Å². The van der Waals surface area contributed by atoms with Crippen LogP contribution >= 0.6 is 0 Å². The van der Waals surface area contributed by atoms with Crippen molar-refractivity contribution in [2.24, 2.45) is 0 Å². The molecule has 0 aliphatic rings. The van der Waals surface area contributed by atoms with Crippen molar-refractivity contribution in [3.63, 3.8) is 0 Å². The molecule has 0 aliphatic heterocycles. The first-order valence-electron chi connectivity index (χ1n) is 10.5. The van der Waals surface area contributed by atoms with Gasteiger partial charge in [0.2, 0.25) is 0 Å². The Kier molecular flexibility index (Phi) is 8.15. The lowest BCUT2D eigenvalue weighted by molar-refractivity contribution is 0.148. The van der Waals surface area contributed by atoms with Crippen molar-refractivity contribution in [1.82, 2.24) is 19.0 Å². The quantitative estimate of drug-likeness (QED) is 0.379. The summed E-state index contributed by atoms with van der Waals surface area (Å²) in [5, 5.41) is 11.5. The first-order valence-corrected chi connectivity index (χ1v) is 13.5. The molecular formula is C22H22N6O7S2. The van der Waals surface area contributed by atoms with E-state index in [9.17, 15) is 31.7 Å². The minimum Gasteiger partial charge on any atom is -0.447 e. The minimum absolute atomic E-state index is 0.124. The van der Waals surface area contributed by atoms with Crippen LogP contribution in [0.15, 0.2) is 64.6 Å². The zero-order valence-corrected chi connectivity index (χ0v) is 21.3. The van der Waals surface area contributed by atoms with Gasteiger partial charge in [0.1, 0.15) is 12.7 Å². The molecule has 0 unspecified atom stereocenters. The van der Waals surface area contributed by atoms with E-state index in [1.807, 2.05) is 4.72 Å². The van der Waals surface area contributed by atoms with Gasteiger partial charge in [-0.25, -0.2) is 40.9 Å². The maximum Gasteiger partial charge on any atom is 0.421 e. The number of nitrogens with one attached hydrogen (secondary N) is 3. The average Bonchev–Trinajstić information content (AvgIpc) is 3.20. The number of rotatable bonds is 8. The monoisotopic (exact) mass is 546 g/mol. The second kappa shape index (κ2) is 11.1. The van der Waals surface area contributed by atoms with Gasteiger partial charge in [0.05, 0.1) is 22.7 Å². The summed E-state index contributed by atoms with van der Waals surface area (Å²) in [6.45, 7) is 3.04. The van der Waals surface area contributed by atoms with E-state index in [0.717, 1.165) is 17.5 Å². The van der Waals surface area contributed by atoms with E-state index in [2.05, 4.69) is 10.3 Å². The summed E-state index contributed by atoms with van der Waals surface area (Å²) in [6.07, 6.45) is -0.0786. The number of hydrogen-bond donors (Lipinski definition) is 3. The number of carbonyl (C=O) groups is 2. The fourth-order valence-corrected chi connectivity index (χ4v) is 4.75. The van der Waals surface area contributed by atoms with Crippen molar-refractivity contribution in [3.05, 3.63) is 71.7 Å². The van der Waals surface area contributed by atoms with Crippen LogP contribution in [0.3, 0.4) is 0 Å². The Bertz CT molecular complexity index is 1560. The third-order valence-electron chi connectivity index (χ3n) is 4.85. The molecule has 2 aromatic carbocycles. The molecule has 0 saturated heterocycles. The van der Waals surface area contributed by atoms with Crippen LogP contribution in [0.5, 0.6) is 0 Å². The van der Waals surface area contributed by atoms with Gasteiger partial charge >= 0.3 is 12.1 Å². The van der Waals surface area contributed by atoms with Crippen molar-refractivity contribution in [2.45, 2.75) is 30.2 Å². The van der Waals surface area contributed by atoms with E-state index in [1.165, 1.54) is 28.8 Å². The molecule has 3 N–H and O–H groups in total. The zero-order valence-electron chi connectivity index (χ0n) is 19.6. The van der Waals surface area contributed by atoms with Crippen molar-refractivity contribution in [1.29, 1.82) is 5.26 Å². The SMILES string of the molecule is Cc1ccc(S(=O)(=O)NC(=O)Nc2c(C#N)ncn2CCOC(=O)NS(=O)(=O)c2ccc(C)cc2)cc1. The summed E-state index contributed by atoms with van der Waals surface area (Å²) in [5.41, 5.74) is 1.44. The van der Waals surface area contributed by atoms with E-state index in [1.54, 1.807) is 48.9 Å². The summed E-state index contributed by atoms with van der Waals surface area (Å²) in [7, 11) is -8.34. The Labute approximate surface area is 213 Å². The number of aryl methyl sites for hydroxylation is 2. The molecule has 0 bridgehead atoms. The number of carbonyl (C=O) groups excluding carboxylic acids is 2. The summed E-state index contributed by atoms with van der Waals surface area (Å²) >= 11 is 0. The maximum atomic E-state index is 12.4. The molecule has 194 valence electrons. The number of urea groups is 1. The minimum atomic E-state index is -4.19. The number of amides is 3. The van der Waals surface area contributed by atoms with Crippen LogP contribution in [0.1, 0.15) is 16.8 Å². The average molecular weight is 547 g/mol. The highest BCUT2D eigenvalue weighted by Crippen LogP contribution is 2.15. The number of nitrogens with zero attached hydrogens (tertiary/aromatic N) is 3. The number of imidazole rings is 1. The van der Waals surface area contributed by atoms with Gasteiger partial charge in [-0.05, 0) is 38.1 Å². The topological polar surface area (TPSA) is 189 Å². The van der Waals surface area contributed by atoms with Gasteiger partial charge < -0.3 is 9.30 Å². The van der Waals surface area contributed by atoms with Crippen molar-refractivity contribution >= 4 is 38.0 Å². The third kappa shape index (κ3) is 7.06. The van der Waals surface area contributed by atoms with Crippen LogP contribution in [0, 0.1) is 25.2 Å². The third-order valence-corrected chi connectivity index (χ3v) is 7.52. The van der Waals surface area contributed by atoms with Crippen LogP contribution in [0.2, 0.25) is 0 Å². The first-order chi connectivity index (χ1) is 17.4. The maximum absolute atomic E-state index is 12.4. The number of anilines is 1. The van der Waals surface area contributed by atoms with Gasteiger partial charge in [-0.2, -0.15) is 5.26 Å². The zero-order chi connectivity index (χ0) is 27.2. The molecule has 0 radical (unpaired) electrons. The molecule has 3 aromatic rings. The highest BCUT2D eigenvalue weighted by atomic mass is 32.2. The van der Waals surface area contributed by atoms with Crippen molar-refractivity contribution < 1.29 is 31.2 Å². The molecule has 0 saturated carbocycles. The summed E-state index contributed by atoms with van der Waals surface area (Å²) < 4.78 is 59.1. The number of nitriles is 1. The van der Waals surface area contributed by atoms with Gasteiger partial charge in [-0.15, -0.1) is 0 Å². The predicted octanol–water partition coefficient (Wildman–Crippen LogP) is 2.00. The van der Waals surface area contributed by atoms with Gasteiger partial charge in [-0.1, -0.05) is 35.4 Å². The second-order valence-electron chi connectivity index (χ2n) is 7.67. The fraction of sp³-hybridized carbons (Fsp3) is 0.182. The summed E-state index contributed by atoms with van der Waals surface area (Å²) in [4.78, 5) is 27.9. The molecule has 0 atom stereocenters. The molecule has 1 aromatic heterocycles. The lowest BCUT2D eigenvalue weighted by Crippen LogP contribution is -2.35. The normalized spacial score (nSPS) is 11.3. The van der Waals surface area contributed by atoms with Gasteiger partial charge in [0.15, 0.2) is 11.5 Å². The standard InChI is InChI=1S/C22H22N6O7S2/c1-15-3-7-17(8-4-15)36(31,32)26-21(29)25-20-19(13-23)24-14-28(20)11-12-35-22(30)27-37(33,34)18-9-5-16(2)6-10-18/h3-10,14H,11-12H2,1-2H3,(H,27,30)(H2,25,26,29). The molecule has 3 rings (SSSR count). The highest BCUT2D eigenvalue weighted by molar-refractivity contribution is 7.90. The van der Waals surface area contributed by atoms with E-state index >= 15 is 0 Å². The number of ether oxygens (including phenoxy) is 1. The van der Waals surface area contributed by atoms with E-state index in [0.29, 0.717) is 0 Å². The molecule has 0 fully saturated rings. The number of sulfonamides is 2. The van der Waals surface area contributed by atoms with E-state index in [-0.39, 0.29) is 34.5 Å². The van der Waals surface area contributed by atoms with Gasteiger partial charge in [0.25, 0.3) is 20.0 Å². The predicted molar refractivity (Wildman–Crippen MR) is 130 cm³/mol. The van der Waals surface area contributed by atoms with Gasteiger partial charge in [-0.3, -0.25) is 5.32 Å². The van der Waals surface area contributed by atoms with Crippen LogP contribution in [0.4, 0.5) is 15.4 Å². The Morgan fingerprint density at radius 1 is 0.919 bits per heavy atom. The Hall–Kier alpha value is -4.42. The van der Waals surface area contributed by atoms with Crippen molar-refractivity contribution in [3.8, 4) is 6.07 Å². The molecule has 1 heterocycles. The molecule has 15 heteroatoms. The van der Waals surface area contributed by atoms with Crippen LogP contribution in [-0.4, -0.2) is 45.1 Å². The molecular weight excluding hydrogens is 524 g/mol. The fourth-order valence-electron chi connectivity index (χ4n) is 2.95. The number of benzene rings is 2. The van der Waals surface area contributed by atoms with E-state index in [4.69, 9.17) is 4.74 Å². The Morgan fingerprint density at radius 2 is 1.43 bits per heavy atom. The van der Waals surface area contributed by atoms with Crippen LogP contribution < -0.4 is 14.8 Å². The van der Waals surface area contributed by atoms with Gasteiger partial charge in [0, 0.05) is 0 Å². The molecule has 13 nitrogen and oxygen atoms in total. The Morgan fingerprint density at radius 3 is 1.95 bits per heavy atom. The van der Waals surface area contributed by atoms with E-state index < -0.39 is 32.2 Å². The molecule has 37 heavy (non-hydrogen) atoms. The highest BCUT2D eigenvalue weighted by Gasteiger charge is 2.21. The smallest absolute Gasteiger partial charge is 0.421 e. The number of hydrogen-bond acceptors (Lipinski definition) is 9. The largest absolute Gasteiger partial charge is 0.447 e. The molecule has 0 aliphatic carbocycles. The summed E-state index contributed by atoms with van der Waals surface area (Å²) in [6, 6.07) is 12.2.